The minimum atomic E-state index is 0.434. The van der Waals surface area contributed by atoms with Gasteiger partial charge in [0, 0.05) is 43.3 Å². The maximum atomic E-state index is 4.49. The van der Waals surface area contributed by atoms with Gasteiger partial charge >= 0.3 is 0 Å². The van der Waals surface area contributed by atoms with Crippen LogP contribution in [0, 0.1) is 6.92 Å². The van der Waals surface area contributed by atoms with Gasteiger partial charge in [0.05, 0.1) is 6.54 Å². The van der Waals surface area contributed by atoms with E-state index in [2.05, 4.69) is 66.2 Å². The molecule has 0 aliphatic heterocycles. The number of hydrogen-bond acceptors (Lipinski definition) is 3. The smallest absolute Gasteiger partial charge is 0.0659 e. The molecule has 0 radical (unpaired) electrons. The van der Waals surface area contributed by atoms with Gasteiger partial charge in [0.15, 0.2) is 0 Å². The largest absolute Gasteiger partial charge is 0.299 e. The predicted molar refractivity (Wildman–Crippen MR) is 101 cm³/mol. The molecule has 3 aromatic rings. The van der Waals surface area contributed by atoms with E-state index in [9.17, 15) is 0 Å². The first-order valence-electron chi connectivity index (χ1n) is 8.77. The van der Waals surface area contributed by atoms with Crippen LogP contribution in [0.15, 0.2) is 61.1 Å². The molecule has 0 fully saturated rings. The molecule has 0 saturated carbocycles. The van der Waals surface area contributed by atoms with Crippen LogP contribution in [0.25, 0.3) is 0 Å². The van der Waals surface area contributed by atoms with E-state index in [4.69, 9.17) is 0 Å². The third kappa shape index (κ3) is 5.00. The summed E-state index contributed by atoms with van der Waals surface area (Å²) in [5.74, 6) is 0. The molecule has 1 unspecified atom stereocenters. The first kappa shape index (κ1) is 17.4. The van der Waals surface area contributed by atoms with E-state index in [0.717, 1.165) is 25.2 Å². The van der Waals surface area contributed by atoms with Gasteiger partial charge in [-0.25, -0.2) is 0 Å². The Bertz CT molecular complexity index is 795. The molecule has 2 heterocycles. The fourth-order valence-corrected chi connectivity index (χ4v) is 3.02. The van der Waals surface area contributed by atoms with Crippen LogP contribution in [-0.4, -0.2) is 32.8 Å². The summed E-state index contributed by atoms with van der Waals surface area (Å²) in [4.78, 5) is 6.87. The zero-order chi connectivity index (χ0) is 17.6. The van der Waals surface area contributed by atoms with Crippen molar-refractivity contribution in [1.29, 1.82) is 0 Å². The van der Waals surface area contributed by atoms with Gasteiger partial charge in [0.1, 0.15) is 0 Å². The van der Waals surface area contributed by atoms with Crippen molar-refractivity contribution in [2.24, 2.45) is 0 Å². The molecule has 4 heteroatoms. The molecular weight excluding hydrogens is 308 g/mol. The molecule has 0 bridgehead atoms. The number of rotatable bonds is 7. The third-order valence-corrected chi connectivity index (χ3v) is 4.56. The molecule has 0 aliphatic rings. The lowest BCUT2D eigenvalue weighted by Gasteiger charge is -2.25. The maximum Gasteiger partial charge on any atom is 0.0659 e. The second-order valence-corrected chi connectivity index (χ2v) is 6.82. The van der Waals surface area contributed by atoms with Crippen molar-refractivity contribution in [1.82, 2.24) is 19.7 Å². The van der Waals surface area contributed by atoms with Crippen molar-refractivity contribution >= 4 is 0 Å². The average molecular weight is 334 g/mol. The molecule has 0 saturated heterocycles. The van der Waals surface area contributed by atoms with Crippen LogP contribution in [0.1, 0.15) is 29.3 Å². The van der Waals surface area contributed by atoms with Crippen molar-refractivity contribution in [3.63, 3.8) is 0 Å². The number of benzene rings is 1. The second kappa shape index (κ2) is 8.08. The lowest BCUT2D eigenvalue weighted by atomic mass is 10.1. The Morgan fingerprint density at radius 3 is 2.68 bits per heavy atom. The van der Waals surface area contributed by atoms with Gasteiger partial charge in [-0.15, -0.1) is 0 Å². The topological polar surface area (TPSA) is 34.0 Å². The van der Waals surface area contributed by atoms with Crippen LogP contribution in [0.4, 0.5) is 0 Å². The maximum absolute atomic E-state index is 4.49. The third-order valence-electron chi connectivity index (χ3n) is 4.56. The number of aryl methyl sites for hydroxylation is 1. The minimum absolute atomic E-state index is 0.434. The van der Waals surface area contributed by atoms with Crippen molar-refractivity contribution in [3.05, 3.63) is 83.4 Å². The lowest BCUT2D eigenvalue weighted by Crippen LogP contribution is -2.30. The first-order valence-corrected chi connectivity index (χ1v) is 8.77. The number of likely N-dealkylation sites (N-methyl/N-ethyl adjacent to an activating group) is 1. The number of nitrogens with zero attached hydrogens (tertiary/aromatic N) is 4. The second-order valence-electron chi connectivity index (χ2n) is 6.82. The number of pyridine rings is 1. The molecule has 0 aliphatic carbocycles. The van der Waals surface area contributed by atoms with Gasteiger partial charge in [-0.05, 0) is 55.8 Å². The van der Waals surface area contributed by atoms with E-state index >= 15 is 0 Å². The summed E-state index contributed by atoms with van der Waals surface area (Å²) in [6, 6.07) is 15.4. The van der Waals surface area contributed by atoms with Gasteiger partial charge in [0.25, 0.3) is 0 Å². The highest BCUT2D eigenvalue weighted by atomic mass is 15.3. The highest BCUT2D eigenvalue weighted by Gasteiger charge is 2.12. The summed E-state index contributed by atoms with van der Waals surface area (Å²) in [6.07, 6.45) is 6.68. The van der Waals surface area contributed by atoms with Crippen LogP contribution in [0.3, 0.4) is 0 Å². The molecule has 1 aromatic carbocycles. The Labute approximate surface area is 150 Å². The number of aromatic nitrogens is 3. The molecule has 0 N–H and O–H groups in total. The monoisotopic (exact) mass is 334 g/mol. The minimum Gasteiger partial charge on any atom is -0.299 e. The van der Waals surface area contributed by atoms with Crippen LogP contribution in [-0.2, 0) is 19.5 Å². The summed E-state index contributed by atoms with van der Waals surface area (Å²) in [5, 5.41) is 4.28. The van der Waals surface area contributed by atoms with Crippen molar-refractivity contribution in [3.8, 4) is 0 Å². The van der Waals surface area contributed by atoms with Crippen LogP contribution in [0.5, 0.6) is 0 Å². The molecule has 0 amide bonds. The van der Waals surface area contributed by atoms with Gasteiger partial charge in [-0.1, -0.05) is 24.3 Å². The number of hydrogen-bond donors (Lipinski definition) is 0. The van der Waals surface area contributed by atoms with Gasteiger partial charge in [0.2, 0.25) is 0 Å². The van der Waals surface area contributed by atoms with Gasteiger partial charge < -0.3 is 0 Å². The summed E-state index contributed by atoms with van der Waals surface area (Å²) in [6.45, 7) is 6.12. The predicted octanol–water partition coefficient (Wildman–Crippen LogP) is 3.70. The Morgan fingerprint density at radius 2 is 1.92 bits per heavy atom. The fourth-order valence-electron chi connectivity index (χ4n) is 3.02. The highest BCUT2D eigenvalue weighted by Crippen LogP contribution is 2.13. The van der Waals surface area contributed by atoms with Gasteiger partial charge in [-0.2, -0.15) is 5.10 Å². The van der Waals surface area contributed by atoms with Crippen LogP contribution < -0.4 is 0 Å². The van der Waals surface area contributed by atoms with Gasteiger partial charge in [-0.3, -0.25) is 14.6 Å². The Morgan fingerprint density at radius 1 is 1.08 bits per heavy atom. The lowest BCUT2D eigenvalue weighted by molar-refractivity contribution is 0.247. The first-order chi connectivity index (χ1) is 12.1. The quantitative estimate of drug-likeness (QED) is 0.661. The van der Waals surface area contributed by atoms with E-state index < -0.39 is 0 Å². The summed E-state index contributed by atoms with van der Waals surface area (Å²) >= 11 is 0. The molecule has 3 rings (SSSR count). The molecule has 130 valence electrons. The fraction of sp³-hybridized carbons (Fsp3) is 0.333. The summed E-state index contributed by atoms with van der Waals surface area (Å²) in [5.41, 5.74) is 5.04. The molecular formula is C21H26N4. The molecule has 0 spiro atoms. The Kier molecular flexibility index (Phi) is 5.61. The van der Waals surface area contributed by atoms with E-state index in [1.54, 1.807) is 0 Å². The molecule has 2 aromatic heterocycles. The normalized spacial score (nSPS) is 12.5. The van der Waals surface area contributed by atoms with Crippen LogP contribution >= 0.6 is 0 Å². The van der Waals surface area contributed by atoms with E-state index in [1.165, 1.54) is 16.7 Å². The Balaban J connectivity index is 1.61. The summed E-state index contributed by atoms with van der Waals surface area (Å²) < 4.78 is 1.95. The molecule has 25 heavy (non-hydrogen) atoms. The molecule has 4 nitrogen and oxygen atoms in total. The standard InChI is InChI=1S/C21H26N4/c1-17-8-10-22-21(12-17)13-18(2)24(3)15-19-6-4-7-20(14-19)16-25-11-5-9-23-25/h4-12,14,18H,13,15-16H2,1-3H3. The zero-order valence-electron chi connectivity index (χ0n) is 15.3. The molecule has 1 atom stereocenters. The van der Waals surface area contributed by atoms with E-state index in [1.807, 2.05) is 35.4 Å². The van der Waals surface area contributed by atoms with Crippen LogP contribution in [0.2, 0.25) is 0 Å². The summed E-state index contributed by atoms with van der Waals surface area (Å²) in [7, 11) is 2.18. The van der Waals surface area contributed by atoms with Crippen molar-refractivity contribution in [2.45, 2.75) is 39.4 Å². The van der Waals surface area contributed by atoms with E-state index in [0.29, 0.717) is 6.04 Å². The van der Waals surface area contributed by atoms with E-state index in [-0.39, 0.29) is 0 Å². The highest BCUT2D eigenvalue weighted by molar-refractivity contribution is 5.24. The average Bonchev–Trinajstić information content (AvgIpc) is 3.08. The van der Waals surface area contributed by atoms with Crippen molar-refractivity contribution < 1.29 is 0 Å². The Hall–Kier alpha value is -2.46. The van der Waals surface area contributed by atoms with Crippen molar-refractivity contribution in [2.75, 3.05) is 7.05 Å². The SMILES string of the molecule is Cc1ccnc(CC(C)N(C)Cc2cccc(Cn3cccn3)c2)c1. The zero-order valence-corrected chi connectivity index (χ0v) is 15.3.